The molecule has 0 spiro atoms. The molecule has 1 fully saturated rings. The van der Waals surface area contributed by atoms with Crippen molar-refractivity contribution >= 4 is 17.5 Å². The number of amides is 1. The van der Waals surface area contributed by atoms with Crippen molar-refractivity contribution < 1.29 is 4.79 Å². The van der Waals surface area contributed by atoms with E-state index in [2.05, 4.69) is 26.3 Å². The van der Waals surface area contributed by atoms with Crippen LogP contribution in [0.1, 0.15) is 40.6 Å². The smallest absolute Gasteiger partial charge is 0.274 e. The molecule has 0 aromatic carbocycles. The Kier molecular flexibility index (Phi) is 5.23. The predicted molar refractivity (Wildman–Crippen MR) is 106 cm³/mol. The van der Waals surface area contributed by atoms with Gasteiger partial charge in [-0.1, -0.05) is 12.1 Å². The molecule has 0 saturated carbocycles. The van der Waals surface area contributed by atoms with Crippen LogP contribution in [0.15, 0.2) is 55.0 Å². The minimum Gasteiger partial charge on any atom is -0.337 e. The van der Waals surface area contributed by atoms with Gasteiger partial charge in [-0.15, -0.1) is 0 Å². The molecule has 1 aliphatic rings. The SMILES string of the molecule is Cc1cccc(Nc2cccc(C3CCN(C(=O)c4cnccn4)CC3)n2)n1. The van der Waals surface area contributed by atoms with E-state index in [4.69, 9.17) is 4.98 Å². The Labute approximate surface area is 163 Å². The number of nitrogens with one attached hydrogen (secondary N) is 1. The lowest BCUT2D eigenvalue weighted by atomic mass is 9.93. The average molecular weight is 374 g/mol. The van der Waals surface area contributed by atoms with Gasteiger partial charge in [-0.25, -0.2) is 15.0 Å². The molecule has 0 atom stereocenters. The summed E-state index contributed by atoms with van der Waals surface area (Å²) in [5.41, 5.74) is 2.40. The summed E-state index contributed by atoms with van der Waals surface area (Å²) in [5.74, 6) is 1.85. The summed E-state index contributed by atoms with van der Waals surface area (Å²) < 4.78 is 0. The summed E-state index contributed by atoms with van der Waals surface area (Å²) in [6.07, 6.45) is 6.40. The molecule has 7 heteroatoms. The Morgan fingerprint density at radius 1 is 1.04 bits per heavy atom. The van der Waals surface area contributed by atoms with Gasteiger partial charge in [-0.3, -0.25) is 9.78 Å². The van der Waals surface area contributed by atoms with Gasteiger partial charge in [0.05, 0.1) is 6.20 Å². The molecule has 1 saturated heterocycles. The predicted octanol–water partition coefficient (Wildman–Crippen LogP) is 3.34. The number of likely N-dealkylation sites (tertiary alicyclic amines) is 1. The first-order valence-electron chi connectivity index (χ1n) is 9.42. The van der Waals surface area contributed by atoms with Crippen molar-refractivity contribution in [3.8, 4) is 0 Å². The molecule has 0 radical (unpaired) electrons. The highest BCUT2D eigenvalue weighted by molar-refractivity contribution is 5.92. The van der Waals surface area contributed by atoms with E-state index in [0.29, 0.717) is 24.7 Å². The molecule has 0 unspecified atom stereocenters. The van der Waals surface area contributed by atoms with Crippen LogP contribution in [-0.2, 0) is 0 Å². The van der Waals surface area contributed by atoms with Gasteiger partial charge in [0.15, 0.2) is 0 Å². The fourth-order valence-corrected chi connectivity index (χ4v) is 3.44. The maximum atomic E-state index is 12.5. The van der Waals surface area contributed by atoms with E-state index in [1.165, 1.54) is 6.20 Å². The molecule has 1 aliphatic heterocycles. The number of anilines is 2. The van der Waals surface area contributed by atoms with Crippen molar-refractivity contribution in [2.45, 2.75) is 25.7 Å². The van der Waals surface area contributed by atoms with Crippen LogP contribution >= 0.6 is 0 Å². The van der Waals surface area contributed by atoms with Crippen LogP contribution in [0.2, 0.25) is 0 Å². The Bertz CT molecular complexity index is 954. The summed E-state index contributed by atoms with van der Waals surface area (Å²) >= 11 is 0. The number of carbonyl (C=O) groups is 1. The Hall–Kier alpha value is -3.35. The van der Waals surface area contributed by atoms with Gasteiger partial charge in [0.2, 0.25) is 0 Å². The largest absolute Gasteiger partial charge is 0.337 e. The van der Waals surface area contributed by atoms with Crippen LogP contribution in [0.3, 0.4) is 0 Å². The number of aryl methyl sites for hydroxylation is 1. The van der Waals surface area contributed by atoms with E-state index in [0.717, 1.165) is 35.9 Å². The van der Waals surface area contributed by atoms with Crippen LogP contribution in [0.4, 0.5) is 11.6 Å². The van der Waals surface area contributed by atoms with Gasteiger partial charge in [0.25, 0.3) is 5.91 Å². The second kappa shape index (κ2) is 8.12. The molecule has 142 valence electrons. The molecule has 28 heavy (non-hydrogen) atoms. The van der Waals surface area contributed by atoms with Crippen LogP contribution < -0.4 is 5.32 Å². The number of rotatable bonds is 4. The number of hydrogen-bond donors (Lipinski definition) is 1. The van der Waals surface area contributed by atoms with Gasteiger partial charge in [-0.05, 0) is 44.0 Å². The molecule has 7 nitrogen and oxygen atoms in total. The fourth-order valence-electron chi connectivity index (χ4n) is 3.44. The molecule has 1 amide bonds. The van der Waals surface area contributed by atoms with Crippen LogP contribution in [0, 0.1) is 6.92 Å². The molecule has 0 aliphatic carbocycles. The van der Waals surface area contributed by atoms with Gasteiger partial charge in [0, 0.05) is 42.8 Å². The van der Waals surface area contributed by atoms with E-state index in [9.17, 15) is 4.79 Å². The standard InChI is InChI=1S/C21H22N6O/c1-15-4-2-6-19(24-15)26-20-7-3-5-17(25-20)16-8-12-27(13-9-16)21(28)18-14-22-10-11-23-18/h2-7,10-11,14,16H,8-9,12-13H2,1H3,(H,24,25,26). The molecule has 1 N–H and O–H groups in total. The third kappa shape index (κ3) is 4.14. The van der Waals surface area contributed by atoms with Crippen molar-refractivity contribution in [3.05, 3.63) is 72.1 Å². The number of pyridine rings is 2. The quantitative estimate of drug-likeness (QED) is 0.754. The highest BCUT2D eigenvalue weighted by atomic mass is 16.2. The van der Waals surface area contributed by atoms with Gasteiger partial charge in [0.1, 0.15) is 17.3 Å². The summed E-state index contributed by atoms with van der Waals surface area (Å²) in [5, 5.41) is 3.27. The van der Waals surface area contributed by atoms with Crippen LogP contribution in [-0.4, -0.2) is 43.8 Å². The topological polar surface area (TPSA) is 83.9 Å². The summed E-state index contributed by atoms with van der Waals surface area (Å²) in [7, 11) is 0. The minimum atomic E-state index is -0.0551. The first kappa shape index (κ1) is 18.0. The van der Waals surface area contributed by atoms with E-state index in [-0.39, 0.29) is 5.91 Å². The van der Waals surface area contributed by atoms with Crippen molar-refractivity contribution in [2.75, 3.05) is 18.4 Å². The Morgan fingerprint density at radius 2 is 1.79 bits per heavy atom. The third-order valence-corrected chi connectivity index (χ3v) is 4.90. The lowest BCUT2D eigenvalue weighted by molar-refractivity contribution is 0.0705. The summed E-state index contributed by atoms with van der Waals surface area (Å²) in [4.78, 5) is 31.7. The molecule has 3 aromatic heterocycles. The second-order valence-electron chi connectivity index (χ2n) is 6.89. The maximum absolute atomic E-state index is 12.5. The lowest BCUT2D eigenvalue weighted by Gasteiger charge is -2.31. The second-order valence-corrected chi connectivity index (χ2v) is 6.89. The lowest BCUT2D eigenvalue weighted by Crippen LogP contribution is -2.38. The molecule has 4 heterocycles. The first-order valence-corrected chi connectivity index (χ1v) is 9.42. The van der Waals surface area contributed by atoms with Crippen molar-refractivity contribution in [3.63, 3.8) is 0 Å². The first-order chi connectivity index (χ1) is 13.7. The number of aromatic nitrogens is 4. The summed E-state index contributed by atoms with van der Waals surface area (Å²) in [6, 6.07) is 11.9. The van der Waals surface area contributed by atoms with Crippen LogP contribution in [0.5, 0.6) is 0 Å². The molecule has 4 rings (SSSR count). The van der Waals surface area contributed by atoms with E-state index >= 15 is 0 Å². The molecule has 3 aromatic rings. The van der Waals surface area contributed by atoms with E-state index in [1.54, 1.807) is 12.4 Å². The number of hydrogen-bond acceptors (Lipinski definition) is 6. The van der Waals surface area contributed by atoms with Gasteiger partial charge < -0.3 is 10.2 Å². The summed E-state index contributed by atoms with van der Waals surface area (Å²) in [6.45, 7) is 3.35. The van der Waals surface area contributed by atoms with Crippen molar-refractivity contribution in [1.82, 2.24) is 24.8 Å². The van der Waals surface area contributed by atoms with Gasteiger partial charge >= 0.3 is 0 Å². The minimum absolute atomic E-state index is 0.0551. The number of nitrogens with zero attached hydrogens (tertiary/aromatic N) is 5. The normalized spacial score (nSPS) is 14.7. The zero-order valence-electron chi connectivity index (χ0n) is 15.7. The highest BCUT2D eigenvalue weighted by Crippen LogP contribution is 2.28. The van der Waals surface area contributed by atoms with E-state index < -0.39 is 0 Å². The third-order valence-electron chi connectivity index (χ3n) is 4.90. The fraction of sp³-hybridized carbons (Fsp3) is 0.286. The number of piperidine rings is 1. The zero-order chi connectivity index (χ0) is 19.3. The Balaban J connectivity index is 1.40. The zero-order valence-corrected chi connectivity index (χ0v) is 15.7. The molecular weight excluding hydrogens is 352 g/mol. The molecule has 0 bridgehead atoms. The highest BCUT2D eigenvalue weighted by Gasteiger charge is 2.26. The maximum Gasteiger partial charge on any atom is 0.274 e. The average Bonchev–Trinajstić information content (AvgIpc) is 2.74. The van der Waals surface area contributed by atoms with Crippen molar-refractivity contribution in [2.24, 2.45) is 0 Å². The Morgan fingerprint density at radius 3 is 2.50 bits per heavy atom. The van der Waals surface area contributed by atoms with Gasteiger partial charge in [-0.2, -0.15) is 0 Å². The van der Waals surface area contributed by atoms with E-state index in [1.807, 2.05) is 42.2 Å². The monoisotopic (exact) mass is 374 g/mol. The van der Waals surface area contributed by atoms with Crippen LogP contribution in [0.25, 0.3) is 0 Å². The molecular formula is C21H22N6O. The number of carbonyl (C=O) groups excluding carboxylic acids is 1. The van der Waals surface area contributed by atoms with Crippen molar-refractivity contribution in [1.29, 1.82) is 0 Å².